The number of aromatic hydroxyl groups is 2. The van der Waals surface area contributed by atoms with Crippen LogP contribution in [0.1, 0.15) is 0 Å². The van der Waals surface area contributed by atoms with Gasteiger partial charge in [0.25, 0.3) is 0 Å². The lowest BCUT2D eigenvalue weighted by Crippen LogP contribution is -1.88. The lowest BCUT2D eigenvalue weighted by Gasteiger charge is -2.15. The summed E-state index contributed by atoms with van der Waals surface area (Å²) in [6.07, 6.45) is 0. The van der Waals surface area contributed by atoms with Crippen molar-refractivity contribution in [2.75, 3.05) is 0 Å². The Morgan fingerprint density at radius 2 is 0.619 bits per heavy atom. The van der Waals surface area contributed by atoms with E-state index in [4.69, 9.17) is 0 Å². The maximum Gasteiger partial charge on any atom is 0.116 e. The van der Waals surface area contributed by atoms with Crippen molar-refractivity contribution >= 4 is 43.1 Å². The van der Waals surface area contributed by atoms with E-state index in [1.807, 2.05) is 12.1 Å². The minimum atomic E-state index is 0.181. The first-order chi connectivity index (χ1) is 20.6. The Hall–Kier alpha value is -5.60. The third kappa shape index (κ3) is 3.96. The summed E-state index contributed by atoms with van der Waals surface area (Å²) in [5.74, 6) is 0.363. The van der Waals surface area contributed by atoms with Crippen molar-refractivity contribution in [3.05, 3.63) is 146 Å². The molecule has 8 rings (SSSR count). The second-order valence-corrected chi connectivity index (χ2v) is 10.9. The Kier molecular flexibility index (Phi) is 5.48. The van der Waals surface area contributed by atoms with E-state index in [1.54, 1.807) is 12.1 Å². The summed E-state index contributed by atoms with van der Waals surface area (Å²) in [6, 6.07) is 49.4. The first kappa shape index (κ1) is 24.2. The maximum absolute atomic E-state index is 11.0. The molecule has 0 heterocycles. The molecule has 0 saturated heterocycles. The van der Waals surface area contributed by atoms with Crippen molar-refractivity contribution in [3.63, 3.8) is 0 Å². The molecule has 0 bridgehead atoms. The molecule has 8 aromatic carbocycles. The molecule has 8 aromatic rings. The molecular formula is C40H26O2. The van der Waals surface area contributed by atoms with E-state index in [-0.39, 0.29) is 11.5 Å². The van der Waals surface area contributed by atoms with E-state index < -0.39 is 0 Å². The Labute approximate surface area is 243 Å². The quantitative estimate of drug-likeness (QED) is 0.220. The minimum absolute atomic E-state index is 0.181. The highest BCUT2D eigenvalue weighted by Gasteiger charge is 2.14. The molecule has 0 amide bonds. The molecule has 198 valence electrons. The molecule has 2 heteroatoms. The highest BCUT2D eigenvalue weighted by atomic mass is 16.3. The molecule has 42 heavy (non-hydrogen) atoms. The van der Waals surface area contributed by atoms with E-state index in [0.29, 0.717) is 0 Å². The number of fused-ring (bicyclic) bond motifs is 6. The molecule has 2 nitrogen and oxygen atoms in total. The van der Waals surface area contributed by atoms with Crippen LogP contribution in [0, 0.1) is 0 Å². The van der Waals surface area contributed by atoms with Gasteiger partial charge >= 0.3 is 0 Å². The Morgan fingerprint density at radius 1 is 0.286 bits per heavy atom. The number of hydrogen-bond donors (Lipinski definition) is 2. The normalized spacial score (nSPS) is 11.5. The van der Waals surface area contributed by atoms with Crippen molar-refractivity contribution in [2.45, 2.75) is 0 Å². The van der Waals surface area contributed by atoms with Crippen LogP contribution in [0.2, 0.25) is 0 Å². The monoisotopic (exact) mass is 538 g/mol. The first-order valence-electron chi connectivity index (χ1n) is 14.1. The fourth-order valence-corrected chi connectivity index (χ4v) is 6.45. The molecule has 0 saturated carbocycles. The fraction of sp³-hybridized carbons (Fsp3) is 0. The number of rotatable bonds is 3. The average Bonchev–Trinajstić information content (AvgIpc) is 3.03. The minimum Gasteiger partial charge on any atom is -0.508 e. The summed E-state index contributed by atoms with van der Waals surface area (Å²) in [5, 5.41) is 31.2. The lowest BCUT2D eigenvalue weighted by molar-refractivity contribution is 0.474. The van der Waals surface area contributed by atoms with Crippen LogP contribution in [0.25, 0.3) is 76.5 Å². The number of phenols is 2. The van der Waals surface area contributed by atoms with Gasteiger partial charge in [-0.3, -0.25) is 0 Å². The molecule has 0 fully saturated rings. The molecule has 0 unspecified atom stereocenters. The van der Waals surface area contributed by atoms with Crippen LogP contribution in [0.5, 0.6) is 11.5 Å². The second-order valence-electron chi connectivity index (χ2n) is 10.9. The van der Waals surface area contributed by atoms with Crippen LogP contribution >= 0.6 is 0 Å². The zero-order chi connectivity index (χ0) is 28.2. The Bertz CT molecular complexity index is 2160. The smallest absolute Gasteiger partial charge is 0.116 e. The summed E-state index contributed by atoms with van der Waals surface area (Å²) in [4.78, 5) is 0. The zero-order valence-electron chi connectivity index (χ0n) is 22.8. The van der Waals surface area contributed by atoms with E-state index in [2.05, 4.69) is 121 Å². The molecular weight excluding hydrogens is 512 g/mol. The van der Waals surface area contributed by atoms with E-state index in [1.165, 1.54) is 21.5 Å². The predicted molar refractivity (Wildman–Crippen MR) is 176 cm³/mol. The second kappa shape index (κ2) is 9.50. The predicted octanol–water partition coefficient (Wildman–Crippen LogP) is 10.7. The lowest BCUT2D eigenvalue weighted by atomic mass is 9.90. The van der Waals surface area contributed by atoms with Crippen LogP contribution in [0.3, 0.4) is 0 Å². The Morgan fingerprint density at radius 3 is 1.05 bits per heavy atom. The summed E-state index contributed by atoms with van der Waals surface area (Å²) >= 11 is 0. The third-order valence-electron chi connectivity index (χ3n) is 8.33. The van der Waals surface area contributed by atoms with Crippen LogP contribution in [0.15, 0.2) is 146 Å². The van der Waals surface area contributed by atoms with Gasteiger partial charge in [-0.05, 0) is 125 Å². The van der Waals surface area contributed by atoms with E-state index in [0.717, 1.165) is 54.9 Å². The van der Waals surface area contributed by atoms with Crippen molar-refractivity contribution in [1.82, 2.24) is 0 Å². The van der Waals surface area contributed by atoms with Gasteiger partial charge in [-0.25, -0.2) is 0 Å². The summed E-state index contributed by atoms with van der Waals surface area (Å²) in [7, 11) is 0. The van der Waals surface area contributed by atoms with Gasteiger partial charge in [0.05, 0.1) is 0 Å². The zero-order valence-corrected chi connectivity index (χ0v) is 22.8. The van der Waals surface area contributed by atoms with Crippen LogP contribution < -0.4 is 0 Å². The third-order valence-corrected chi connectivity index (χ3v) is 8.33. The fourth-order valence-electron chi connectivity index (χ4n) is 6.45. The number of hydrogen-bond acceptors (Lipinski definition) is 2. The highest BCUT2D eigenvalue weighted by molar-refractivity contribution is 6.15. The molecule has 0 aliphatic carbocycles. The van der Waals surface area contributed by atoms with Gasteiger partial charge in [-0.2, -0.15) is 0 Å². The van der Waals surface area contributed by atoms with Gasteiger partial charge in [-0.15, -0.1) is 0 Å². The topological polar surface area (TPSA) is 40.5 Å². The average molecular weight is 539 g/mol. The van der Waals surface area contributed by atoms with Crippen molar-refractivity contribution < 1.29 is 10.2 Å². The standard InChI is InChI=1S/C40H26O2/c41-31-19-27(17-29(21-31)39-23-25-9-1-3-11-33(25)35-13-5-7-15-37(35)39)28-18-30(22-32(42)20-28)40-24-26-10-2-4-12-34(26)36-14-6-8-16-38(36)40/h1-24,41-42H. The van der Waals surface area contributed by atoms with Crippen LogP contribution in [-0.2, 0) is 0 Å². The SMILES string of the molecule is Oc1cc(-c2cc(O)cc(-c3cc4ccccc4c4ccccc34)c2)cc(-c2cc3ccccc3c3ccccc23)c1. The van der Waals surface area contributed by atoms with Crippen LogP contribution in [0.4, 0.5) is 0 Å². The largest absolute Gasteiger partial charge is 0.508 e. The maximum atomic E-state index is 11.0. The van der Waals surface area contributed by atoms with Gasteiger partial charge in [0.2, 0.25) is 0 Å². The van der Waals surface area contributed by atoms with Gasteiger partial charge in [0.15, 0.2) is 0 Å². The van der Waals surface area contributed by atoms with Gasteiger partial charge in [0, 0.05) is 0 Å². The van der Waals surface area contributed by atoms with Gasteiger partial charge in [-0.1, -0.05) is 97.1 Å². The molecule has 0 atom stereocenters. The van der Waals surface area contributed by atoms with Crippen LogP contribution in [-0.4, -0.2) is 10.2 Å². The molecule has 0 spiro atoms. The molecule has 0 aliphatic rings. The summed E-state index contributed by atoms with van der Waals surface area (Å²) < 4.78 is 0. The summed E-state index contributed by atoms with van der Waals surface area (Å²) in [5.41, 5.74) is 5.64. The van der Waals surface area contributed by atoms with E-state index >= 15 is 0 Å². The molecule has 0 aliphatic heterocycles. The first-order valence-corrected chi connectivity index (χ1v) is 14.1. The number of benzene rings is 8. The van der Waals surface area contributed by atoms with Crippen molar-refractivity contribution in [1.29, 1.82) is 0 Å². The van der Waals surface area contributed by atoms with Crippen molar-refractivity contribution in [3.8, 4) is 44.9 Å². The van der Waals surface area contributed by atoms with Gasteiger partial charge in [0.1, 0.15) is 11.5 Å². The molecule has 0 aromatic heterocycles. The van der Waals surface area contributed by atoms with Crippen molar-refractivity contribution in [2.24, 2.45) is 0 Å². The molecule has 2 N–H and O–H groups in total. The molecule has 0 radical (unpaired) electrons. The Balaban J connectivity index is 1.33. The van der Waals surface area contributed by atoms with E-state index in [9.17, 15) is 10.2 Å². The van der Waals surface area contributed by atoms with Gasteiger partial charge < -0.3 is 10.2 Å². The summed E-state index contributed by atoms with van der Waals surface area (Å²) in [6.45, 7) is 0. The number of phenolic OH excluding ortho intramolecular Hbond substituents is 2. The highest BCUT2D eigenvalue weighted by Crippen LogP contribution is 2.41.